The molecule has 0 aliphatic rings. The molecule has 1 atom stereocenters. The van der Waals surface area contributed by atoms with Crippen LogP contribution in [0, 0.1) is 19.8 Å². The Morgan fingerprint density at radius 3 is 2.47 bits per heavy atom. The molecule has 1 N–H and O–H groups in total. The molecule has 1 rings (SSSR count). The van der Waals surface area contributed by atoms with Gasteiger partial charge in [0.05, 0.1) is 0 Å². The van der Waals surface area contributed by atoms with Crippen LogP contribution in [0.1, 0.15) is 56.3 Å². The lowest BCUT2D eigenvalue weighted by Crippen LogP contribution is -2.24. The van der Waals surface area contributed by atoms with Crippen molar-refractivity contribution in [1.29, 1.82) is 0 Å². The molecule has 0 saturated carbocycles. The van der Waals surface area contributed by atoms with E-state index in [4.69, 9.17) is 0 Å². The Labute approximate surface area is 107 Å². The molecule has 0 saturated heterocycles. The molecule has 0 amide bonds. The van der Waals surface area contributed by atoms with Crippen LogP contribution in [-0.4, -0.2) is 6.54 Å². The Balaban J connectivity index is 2.90. The fourth-order valence-electron chi connectivity index (χ4n) is 2.25. The van der Waals surface area contributed by atoms with Gasteiger partial charge in [-0.3, -0.25) is 0 Å². The fourth-order valence-corrected chi connectivity index (χ4v) is 2.25. The van der Waals surface area contributed by atoms with E-state index in [1.54, 1.807) is 0 Å². The normalized spacial score (nSPS) is 13.1. The molecule has 1 aromatic carbocycles. The van der Waals surface area contributed by atoms with Crippen molar-refractivity contribution in [3.05, 3.63) is 34.9 Å². The molecular weight excluding hydrogens is 206 g/mol. The summed E-state index contributed by atoms with van der Waals surface area (Å²) in [5.41, 5.74) is 4.25. The van der Waals surface area contributed by atoms with Gasteiger partial charge in [-0.05, 0) is 50.3 Å². The third-order valence-electron chi connectivity index (χ3n) is 3.16. The SMILES string of the molecule is CCCNC(CC(C)C)c1cc(C)ccc1C. The number of benzene rings is 1. The summed E-state index contributed by atoms with van der Waals surface area (Å²) in [4.78, 5) is 0. The van der Waals surface area contributed by atoms with Crippen LogP contribution >= 0.6 is 0 Å². The van der Waals surface area contributed by atoms with Crippen molar-refractivity contribution in [2.24, 2.45) is 5.92 Å². The second kappa shape index (κ2) is 6.80. The Kier molecular flexibility index (Phi) is 5.70. The van der Waals surface area contributed by atoms with E-state index in [1.165, 1.54) is 29.5 Å². The minimum absolute atomic E-state index is 0.509. The van der Waals surface area contributed by atoms with Crippen LogP contribution in [-0.2, 0) is 0 Å². The predicted molar refractivity (Wildman–Crippen MR) is 76.4 cm³/mol. The summed E-state index contributed by atoms with van der Waals surface area (Å²) in [5, 5.41) is 3.69. The van der Waals surface area contributed by atoms with E-state index in [0.717, 1.165) is 12.5 Å². The van der Waals surface area contributed by atoms with E-state index >= 15 is 0 Å². The van der Waals surface area contributed by atoms with E-state index < -0.39 is 0 Å². The van der Waals surface area contributed by atoms with E-state index in [0.29, 0.717) is 6.04 Å². The maximum Gasteiger partial charge on any atom is 0.0325 e. The number of nitrogens with one attached hydrogen (secondary N) is 1. The Hall–Kier alpha value is -0.820. The van der Waals surface area contributed by atoms with Gasteiger partial charge in [-0.2, -0.15) is 0 Å². The molecule has 0 spiro atoms. The molecule has 0 radical (unpaired) electrons. The predicted octanol–water partition coefficient (Wildman–Crippen LogP) is 4.39. The lowest BCUT2D eigenvalue weighted by atomic mass is 9.92. The molecule has 1 heteroatoms. The number of aryl methyl sites for hydroxylation is 2. The molecule has 0 heterocycles. The summed E-state index contributed by atoms with van der Waals surface area (Å²) in [6.45, 7) is 12.3. The molecule has 1 nitrogen and oxygen atoms in total. The average molecular weight is 233 g/mol. The summed E-state index contributed by atoms with van der Waals surface area (Å²) < 4.78 is 0. The van der Waals surface area contributed by atoms with Crippen LogP contribution in [0.2, 0.25) is 0 Å². The number of rotatable bonds is 6. The lowest BCUT2D eigenvalue weighted by Gasteiger charge is -2.23. The maximum absolute atomic E-state index is 3.69. The number of hydrogen-bond acceptors (Lipinski definition) is 1. The van der Waals surface area contributed by atoms with Crippen molar-refractivity contribution in [2.45, 2.75) is 53.5 Å². The first-order valence-electron chi connectivity index (χ1n) is 6.85. The highest BCUT2D eigenvalue weighted by Gasteiger charge is 2.14. The first-order chi connectivity index (χ1) is 8.04. The highest BCUT2D eigenvalue weighted by Crippen LogP contribution is 2.25. The minimum Gasteiger partial charge on any atom is -0.310 e. The minimum atomic E-state index is 0.509. The van der Waals surface area contributed by atoms with Crippen LogP contribution in [0.4, 0.5) is 0 Å². The molecule has 0 bridgehead atoms. The van der Waals surface area contributed by atoms with Crippen molar-refractivity contribution in [1.82, 2.24) is 5.32 Å². The first kappa shape index (κ1) is 14.2. The zero-order chi connectivity index (χ0) is 12.8. The van der Waals surface area contributed by atoms with Crippen molar-refractivity contribution in [3.63, 3.8) is 0 Å². The summed E-state index contributed by atoms with van der Waals surface area (Å²) in [6.07, 6.45) is 2.41. The molecule has 0 fully saturated rings. The van der Waals surface area contributed by atoms with Crippen molar-refractivity contribution < 1.29 is 0 Å². The summed E-state index contributed by atoms with van der Waals surface area (Å²) in [7, 11) is 0. The first-order valence-corrected chi connectivity index (χ1v) is 6.85. The quantitative estimate of drug-likeness (QED) is 0.768. The molecule has 17 heavy (non-hydrogen) atoms. The van der Waals surface area contributed by atoms with Crippen LogP contribution in [0.5, 0.6) is 0 Å². The standard InChI is InChI=1S/C16H27N/c1-6-9-17-16(10-12(2)3)15-11-13(4)7-8-14(15)5/h7-8,11-12,16-17H,6,9-10H2,1-5H3. The fraction of sp³-hybridized carbons (Fsp3) is 0.625. The van der Waals surface area contributed by atoms with Gasteiger partial charge < -0.3 is 5.32 Å². The number of hydrogen-bond donors (Lipinski definition) is 1. The van der Waals surface area contributed by atoms with Crippen LogP contribution in [0.25, 0.3) is 0 Å². The van der Waals surface area contributed by atoms with Gasteiger partial charge in [-0.15, -0.1) is 0 Å². The molecular formula is C16H27N. The second-order valence-corrected chi connectivity index (χ2v) is 5.50. The second-order valence-electron chi connectivity index (χ2n) is 5.50. The molecule has 0 aromatic heterocycles. The van der Waals surface area contributed by atoms with Crippen molar-refractivity contribution in [2.75, 3.05) is 6.54 Å². The lowest BCUT2D eigenvalue weighted by molar-refractivity contribution is 0.429. The van der Waals surface area contributed by atoms with E-state index in [-0.39, 0.29) is 0 Å². The van der Waals surface area contributed by atoms with Crippen LogP contribution in [0.3, 0.4) is 0 Å². The van der Waals surface area contributed by atoms with Gasteiger partial charge in [0.2, 0.25) is 0 Å². The zero-order valence-corrected chi connectivity index (χ0v) is 12.0. The van der Waals surface area contributed by atoms with Gasteiger partial charge in [0.15, 0.2) is 0 Å². The Morgan fingerprint density at radius 1 is 1.18 bits per heavy atom. The largest absolute Gasteiger partial charge is 0.310 e. The molecule has 96 valence electrons. The Bertz CT molecular complexity index is 341. The molecule has 0 aliphatic carbocycles. The third-order valence-corrected chi connectivity index (χ3v) is 3.16. The van der Waals surface area contributed by atoms with E-state index in [9.17, 15) is 0 Å². The molecule has 1 aromatic rings. The zero-order valence-electron chi connectivity index (χ0n) is 12.0. The topological polar surface area (TPSA) is 12.0 Å². The van der Waals surface area contributed by atoms with E-state index in [2.05, 4.69) is 58.1 Å². The molecule has 0 aliphatic heterocycles. The summed E-state index contributed by atoms with van der Waals surface area (Å²) >= 11 is 0. The summed E-state index contributed by atoms with van der Waals surface area (Å²) in [6, 6.07) is 7.29. The molecule has 1 unspecified atom stereocenters. The highest BCUT2D eigenvalue weighted by molar-refractivity contribution is 5.33. The third kappa shape index (κ3) is 4.51. The smallest absolute Gasteiger partial charge is 0.0325 e. The van der Waals surface area contributed by atoms with Crippen molar-refractivity contribution >= 4 is 0 Å². The van der Waals surface area contributed by atoms with Gasteiger partial charge in [-0.1, -0.05) is 44.5 Å². The summed E-state index contributed by atoms with van der Waals surface area (Å²) in [5.74, 6) is 0.726. The van der Waals surface area contributed by atoms with E-state index in [1.807, 2.05) is 0 Å². The van der Waals surface area contributed by atoms with Gasteiger partial charge in [0, 0.05) is 6.04 Å². The van der Waals surface area contributed by atoms with Gasteiger partial charge in [0.25, 0.3) is 0 Å². The highest BCUT2D eigenvalue weighted by atomic mass is 14.9. The van der Waals surface area contributed by atoms with Gasteiger partial charge in [-0.25, -0.2) is 0 Å². The van der Waals surface area contributed by atoms with Crippen molar-refractivity contribution in [3.8, 4) is 0 Å². The van der Waals surface area contributed by atoms with Crippen LogP contribution in [0.15, 0.2) is 18.2 Å². The van der Waals surface area contributed by atoms with Crippen LogP contribution < -0.4 is 5.32 Å². The average Bonchev–Trinajstić information content (AvgIpc) is 2.27. The van der Waals surface area contributed by atoms with Gasteiger partial charge in [0.1, 0.15) is 0 Å². The Morgan fingerprint density at radius 2 is 1.88 bits per heavy atom. The monoisotopic (exact) mass is 233 g/mol. The van der Waals surface area contributed by atoms with Gasteiger partial charge >= 0.3 is 0 Å². The maximum atomic E-state index is 3.69.